The van der Waals surface area contributed by atoms with Gasteiger partial charge in [0.15, 0.2) is 22.6 Å². The van der Waals surface area contributed by atoms with E-state index in [-0.39, 0.29) is 29.4 Å². The van der Waals surface area contributed by atoms with Crippen LogP contribution in [0, 0.1) is 0 Å². The molecule has 19 nitrogen and oxygen atoms in total. The van der Waals surface area contributed by atoms with E-state index < -0.39 is 75.3 Å². The molecule has 2 aliphatic rings. The number of rotatable bonds is 10. The number of nitrogens with zero attached hydrogens (tertiary/aromatic N) is 7. The van der Waals surface area contributed by atoms with E-state index in [1.54, 1.807) is 0 Å². The van der Waals surface area contributed by atoms with Crippen LogP contribution in [0.15, 0.2) is 23.8 Å². The Kier molecular flexibility index (Phi) is 8.50. The Bertz CT molecular complexity index is 1910. The van der Waals surface area contributed by atoms with Gasteiger partial charge in [0.1, 0.15) is 36.5 Å². The number of H-pyrrole nitrogens is 1. The van der Waals surface area contributed by atoms with Gasteiger partial charge in [-0.05, 0) is 23.6 Å². The maximum atomic E-state index is 15.0. The highest BCUT2D eigenvalue weighted by atomic mass is 32.5. The quantitative estimate of drug-likeness (QED) is 0.120. The van der Waals surface area contributed by atoms with Crippen molar-refractivity contribution < 1.29 is 46.5 Å². The van der Waals surface area contributed by atoms with Crippen LogP contribution in [0.4, 0.5) is 20.5 Å². The third kappa shape index (κ3) is 6.75. The number of imidazole rings is 2. The molecular weight excluding hydrogens is 688 g/mol. The second kappa shape index (κ2) is 11.9. The maximum absolute atomic E-state index is 15.0. The van der Waals surface area contributed by atoms with E-state index in [0.717, 1.165) is 10.9 Å². The van der Waals surface area contributed by atoms with Gasteiger partial charge in [-0.1, -0.05) is 0 Å². The van der Waals surface area contributed by atoms with Gasteiger partial charge in [0, 0.05) is 6.42 Å². The molecule has 0 bridgehead atoms. The topological polar surface area (TPSA) is 266 Å². The molecule has 6 heterocycles. The van der Waals surface area contributed by atoms with E-state index in [9.17, 15) is 19.5 Å². The summed E-state index contributed by atoms with van der Waals surface area (Å²) in [7, 11) is 0. The Morgan fingerprint density at radius 2 is 1.73 bits per heavy atom. The second-order valence-electron chi connectivity index (χ2n) is 9.96. The fraction of sp³-hybridized carbons (Fsp3) is 0.500. The molecule has 25 heteroatoms. The van der Waals surface area contributed by atoms with Gasteiger partial charge in [-0.2, -0.15) is 4.98 Å². The van der Waals surface area contributed by atoms with E-state index in [1.807, 2.05) is 0 Å². The van der Waals surface area contributed by atoms with Crippen LogP contribution < -0.4 is 17.0 Å². The number of fused-ring (bicyclic) bond motifs is 2. The van der Waals surface area contributed by atoms with Gasteiger partial charge in [-0.25, -0.2) is 28.7 Å². The summed E-state index contributed by atoms with van der Waals surface area (Å²) >= 11 is 9.62. The summed E-state index contributed by atoms with van der Waals surface area (Å²) < 4.78 is 60.0. The van der Waals surface area contributed by atoms with Crippen molar-refractivity contribution in [2.45, 2.75) is 49.5 Å². The van der Waals surface area contributed by atoms with Crippen molar-refractivity contribution in [1.82, 2.24) is 39.0 Å². The highest BCUT2D eigenvalue weighted by Gasteiger charge is 2.52. The molecule has 45 heavy (non-hydrogen) atoms. The van der Waals surface area contributed by atoms with Crippen LogP contribution in [0.25, 0.3) is 22.3 Å². The Morgan fingerprint density at radius 3 is 2.47 bits per heavy atom. The lowest BCUT2D eigenvalue weighted by Gasteiger charge is -2.25. The number of hydrogen-bond donors (Lipinski definition) is 6. The Labute approximate surface area is 260 Å². The van der Waals surface area contributed by atoms with Crippen molar-refractivity contribution in [2.24, 2.45) is 0 Å². The predicted octanol–water partition coefficient (Wildman–Crippen LogP) is 0.178. The molecule has 244 valence electrons. The minimum atomic E-state index is -4.27. The summed E-state index contributed by atoms with van der Waals surface area (Å²) in [6.07, 6.45) is -3.37. The summed E-state index contributed by atoms with van der Waals surface area (Å²) in [5, 5.41) is 0. The van der Waals surface area contributed by atoms with Crippen LogP contribution >= 0.6 is 13.4 Å². The van der Waals surface area contributed by atoms with Gasteiger partial charge < -0.3 is 49.2 Å². The lowest BCUT2D eigenvalue weighted by atomic mass is 10.2. The minimum Gasteiger partial charge on any atom is -0.382 e. The zero-order valence-corrected chi connectivity index (χ0v) is 25.9. The number of nitrogen functional groups attached to an aromatic ring is 2. The number of alkyl halides is 2. The van der Waals surface area contributed by atoms with Crippen LogP contribution in [0.1, 0.15) is 25.3 Å². The molecule has 4 aromatic rings. The number of nitrogens with two attached hydrogens (primary N) is 2. The highest BCUT2D eigenvalue weighted by molar-refractivity contribution is 8.07. The van der Waals surface area contributed by atoms with E-state index >= 15 is 8.78 Å². The van der Waals surface area contributed by atoms with Gasteiger partial charge in [0.25, 0.3) is 11.5 Å². The zero-order chi connectivity index (χ0) is 32.3. The molecule has 6 rings (SSSR count). The van der Waals surface area contributed by atoms with Gasteiger partial charge in [0.2, 0.25) is 5.95 Å². The lowest BCUT2D eigenvalue weighted by Crippen LogP contribution is -2.33. The van der Waals surface area contributed by atoms with Crippen molar-refractivity contribution in [3.63, 3.8) is 0 Å². The summed E-state index contributed by atoms with van der Waals surface area (Å²) in [4.78, 5) is 64.4. The van der Waals surface area contributed by atoms with Crippen LogP contribution in [-0.4, -0.2) is 91.2 Å². The van der Waals surface area contributed by atoms with Crippen molar-refractivity contribution >= 4 is 71.1 Å². The number of anilines is 2. The lowest BCUT2D eigenvalue weighted by molar-refractivity contribution is -0.0998. The Morgan fingerprint density at radius 1 is 1.02 bits per heavy atom. The fourth-order valence-electron chi connectivity index (χ4n) is 4.93. The molecule has 2 fully saturated rings. The summed E-state index contributed by atoms with van der Waals surface area (Å²) in [5.74, 6) is -3.59. The number of aromatic nitrogens is 8. The average Bonchev–Trinajstić information content (AvgIpc) is 3.70. The summed E-state index contributed by atoms with van der Waals surface area (Å²) in [6.45, 7) is -9.75. The van der Waals surface area contributed by atoms with Crippen LogP contribution in [0.3, 0.4) is 0 Å². The second-order valence-corrected chi connectivity index (χ2v) is 15.4. The number of aromatic amines is 1. The Balaban J connectivity index is 1.15. The Hall–Kier alpha value is -2.66. The normalized spacial score (nSPS) is 26.6. The van der Waals surface area contributed by atoms with Gasteiger partial charge in [0.05, 0.1) is 38.4 Å². The van der Waals surface area contributed by atoms with Crippen molar-refractivity contribution in [3.8, 4) is 0 Å². The van der Waals surface area contributed by atoms with Gasteiger partial charge >= 0.3 is 13.4 Å². The minimum absolute atomic E-state index is 0.0213. The first-order chi connectivity index (χ1) is 21.1. The number of nitrogens with one attached hydrogen (secondary N) is 1. The maximum Gasteiger partial charge on any atom is 0.324 e. The molecule has 0 spiro atoms. The fourth-order valence-corrected chi connectivity index (χ4v) is 6.91. The molecule has 6 atom stereocenters. The summed E-state index contributed by atoms with van der Waals surface area (Å²) in [5.41, 5.74) is 11.2. The SMILES string of the molecule is Nc1nc2c(ncn2[C@H]2CC(F)(F)[C@@H](COP(O)(=S)O[C@H]3C[C@H](n4cnc5c(N)ncnc54)O[C@@H]3COP(O)(O)=S)O2)c(=O)[nH]1. The molecule has 2 aliphatic heterocycles. The molecule has 0 aromatic carbocycles. The number of halogens is 2. The first-order valence-electron chi connectivity index (χ1n) is 12.8. The molecular formula is C20H24F2N10O9P2S2. The third-order valence-corrected chi connectivity index (χ3v) is 9.33. The number of ether oxygens (including phenoxy) is 2. The van der Waals surface area contributed by atoms with Crippen LogP contribution in [-0.2, 0) is 46.7 Å². The smallest absolute Gasteiger partial charge is 0.324 e. The molecule has 1 unspecified atom stereocenters. The van der Waals surface area contributed by atoms with E-state index in [0.29, 0.717) is 11.2 Å². The standard InChI is InChI=1S/C20H24F2N10O9P2S2/c21-20(22)2-12(32-7-28-14-17(32)29-19(24)30-18(14)33)40-10(20)4-38-43(36,45)41-8-1-11(39-9(8)3-37-42(34,35)44)31-6-27-13-15(23)25-5-26-16(13)31/h5-12H,1-4H2,(H,36,45)(H2,23,25,26)(H2,34,35,44)(H3,24,29,30,33)/t8-,9+,10+,11+,12+,43?/m0/s1. The molecule has 0 aliphatic carbocycles. The highest BCUT2D eigenvalue weighted by Crippen LogP contribution is 2.51. The summed E-state index contributed by atoms with van der Waals surface area (Å²) in [6, 6.07) is 0. The average molecular weight is 713 g/mol. The zero-order valence-electron chi connectivity index (χ0n) is 22.5. The third-order valence-electron chi connectivity index (χ3n) is 6.94. The molecule has 8 N–H and O–H groups in total. The van der Waals surface area contributed by atoms with Gasteiger partial charge in [-0.3, -0.25) is 18.9 Å². The predicted molar refractivity (Wildman–Crippen MR) is 156 cm³/mol. The molecule has 2 saturated heterocycles. The molecule has 4 aromatic heterocycles. The number of hydrogen-bond acceptors (Lipinski definition) is 15. The molecule has 0 saturated carbocycles. The monoisotopic (exact) mass is 712 g/mol. The first kappa shape index (κ1) is 32.3. The van der Waals surface area contributed by atoms with Crippen molar-refractivity contribution in [3.05, 3.63) is 29.3 Å². The van der Waals surface area contributed by atoms with Crippen molar-refractivity contribution in [2.75, 3.05) is 24.7 Å². The molecule has 0 radical (unpaired) electrons. The van der Waals surface area contributed by atoms with Gasteiger partial charge in [-0.15, -0.1) is 0 Å². The van der Waals surface area contributed by atoms with Crippen LogP contribution in [0.2, 0.25) is 0 Å². The van der Waals surface area contributed by atoms with Crippen molar-refractivity contribution in [1.29, 1.82) is 0 Å². The van der Waals surface area contributed by atoms with E-state index in [4.69, 9.17) is 46.3 Å². The molecule has 0 amide bonds. The van der Waals surface area contributed by atoms with E-state index in [2.05, 4.69) is 41.7 Å². The largest absolute Gasteiger partial charge is 0.382 e. The van der Waals surface area contributed by atoms with E-state index in [1.165, 1.54) is 17.2 Å². The first-order valence-corrected chi connectivity index (χ1v) is 18.0. The van der Waals surface area contributed by atoms with Crippen LogP contribution in [0.5, 0.6) is 0 Å².